The highest BCUT2D eigenvalue weighted by atomic mass is 127. The van der Waals surface area contributed by atoms with Crippen molar-refractivity contribution in [1.82, 2.24) is 4.90 Å². The highest BCUT2D eigenvalue weighted by molar-refractivity contribution is 14.1. The molecule has 1 fully saturated rings. The van der Waals surface area contributed by atoms with Gasteiger partial charge in [0.1, 0.15) is 11.4 Å². The zero-order valence-corrected chi connectivity index (χ0v) is 16.4. The van der Waals surface area contributed by atoms with Crippen LogP contribution >= 0.6 is 22.6 Å². The van der Waals surface area contributed by atoms with Crippen molar-refractivity contribution in [2.45, 2.75) is 0 Å². The Balaban J connectivity index is 1.74. The molecule has 1 amide bonds. The summed E-state index contributed by atoms with van der Waals surface area (Å²) < 4.78 is 6.00. The van der Waals surface area contributed by atoms with E-state index in [-0.39, 0.29) is 11.6 Å². The van der Waals surface area contributed by atoms with Gasteiger partial charge in [-0.1, -0.05) is 12.1 Å². The number of hydrogen-bond acceptors (Lipinski definition) is 5. The van der Waals surface area contributed by atoms with E-state index in [0.717, 1.165) is 3.57 Å². The van der Waals surface area contributed by atoms with Crippen molar-refractivity contribution in [3.8, 4) is 5.75 Å². The van der Waals surface area contributed by atoms with Crippen LogP contribution < -0.4 is 9.64 Å². The first-order chi connectivity index (χ1) is 12.5. The number of methoxy groups -OCH3 is 1. The van der Waals surface area contributed by atoms with Crippen molar-refractivity contribution in [3.05, 3.63) is 61.7 Å². The first-order valence-corrected chi connectivity index (χ1v) is 9.20. The molecule has 3 rings (SSSR count). The summed E-state index contributed by atoms with van der Waals surface area (Å²) in [4.78, 5) is 27.4. The number of nitrogens with zero attached hydrogens (tertiary/aromatic N) is 3. The number of nitro groups is 1. The van der Waals surface area contributed by atoms with E-state index in [1.165, 1.54) is 13.2 Å². The predicted molar refractivity (Wildman–Crippen MR) is 107 cm³/mol. The molecule has 1 heterocycles. The number of amides is 1. The first-order valence-electron chi connectivity index (χ1n) is 8.12. The van der Waals surface area contributed by atoms with Gasteiger partial charge in [0.15, 0.2) is 0 Å². The summed E-state index contributed by atoms with van der Waals surface area (Å²) in [7, 11) is 1.48. The second-order valence-electron chi connectivity index (χ2n) is 5.87. The molecule has 0 unspecified atom stereocenters. The van der Waals surface area contributed by atoms with Crippen LogP contribution in [0.1, 0.15) is 10.4 Å². The molecule has 0 aliphatic carbocycles. The minimum Gasteiger partial charge on any atom is -0.496 e. The van der Waals surface area contributed by atoms with E-state index in [4.69, 9.17) is 4.74 Å². The van der Waals surface area contributed by atoms with Crippen LogP contribution in [0.2, 0.25) is 0 Å². The van der Waals surface area contributed by atoms with Gasteiger partial charge < -0.3 is 14.5 Å². The average Bonchev–Trinajstić information content (AvgIpc) is 2.67. The number of hydrogen-bond donors (Lipinski definition) is 0. The monoisotopic (exact) mass is 467 g/mol. The zero-order chi connectivity index (χ0) is 18.7. The summed E-state index contributed by atoms with van der Waals surface area (Å²) in [5.74, 6) is 0.451. The van der Waals surface area contributed by atoms with Crippen LogP contribution in [0.15, 0.2) is 42.5 Å². The van der Waals surface area contributed by atoms with Gasteiger partial charge in [0.05, 0.1) is 23.7 Å². The number of benzene rings is 2. The summed E-state index contributed by atoms with van der Waals surface area (Å²) in [6.07, 6.45) is 0. The molecule has 2 aromatic rings. The van der Waals surface area contributed by atoms with Crippen molar-refractivity contribution in [1.29, 1.82) is 0 Å². The van der Waals surface area contributed by atoms with Crippen molar-refractivity contribution < 1.29 is 14.5 Å². The molecule has 0 N–H and O–H groups in total. The van der Waals surface area contributed by atoms with E-state index in [2.05, 4.69) is 22.6 Å². The maximum Gasteiger partial charge on any atom is 0.296 e. The Morgan fingerprint density at radius 3 is 2.46 bits per heavy atom. The van der Waals surface area contributed by atoms with Crippen molar-refractivity contribution in [2.75, 3.05) is 38.2 Å². The quantitative estimate of drug-likeness (QED) is 0.393. The third-order valence-corrected chi connectivity index (χ3v) is 5.33. The molecule has 1 saturated heterocycles. The Bertz CT molecular complexity index is 835. The van der Waals surface area contributed by atoms with Crippen LogP contribution in [-0.2, 0) is 0 Å². The molecule has 0 atom stereocenters. The van der Waals surface area contributed by atoms with Gasteiger partial charge in [0.2, 0.25) is 0 Å². The number of rotatable bonds is 4. The van der Waals surface area contributed by atoms with Gasteiger partial charge in [-0.25, -0.2) is 0 Å². The van der Waals surface area contributed by atoms with Gasteiger partial charge in [-0.3, -0.25) is 14.9 Å². The van der Waals surface area contributed by atoms with Gasteiger partial charge in [0, 0.05) is 29.7 Å². The van der Waals surface area contributed by atoms with Crippen molar-refractivity contribution in [3.63, 3.8) is 0 Å². The summed E-state index contributed by atoms with van der Waals surface area (Å²) >= 11 is 2.16. The maximum absolute atomic E-state index is 12.7. The predicted octanol–water partition coefficient (Wildman–Crippen LogP) is 3.17. The molecular weight excluding hydrogens is 449 g/mol. The Labute approximate surface area is 164 Å². The molecule has 8 heteroatoms. The lowest BCUT2D eigenvalue weighted by atomic mass is 10.1. The van der Waals surface area contributed by atoms with Crippen LogP contribution in [0.3, 0.4) is 0 Å². The minimum absolute atomic E-state index is 0.00104. The molecule has 26 heavy (non-hydrogen) atoms. The second-order valence-corrected chi connectivity index (χ2v) is 7.03. The summed E-state index contributed by atoms with van der Waals surface area (Å²) in [6, 6.07) is 12.3. The first kappa shape index (κ1) is 18.4. The number of piperazine rings is 1. The van der Waals surface area contributed by atoms with E-state index in [9.17, 15) is 14.9 Å². The SMILES string of the molecule is COc1ccc(N2CCN(C(=O)c3ccccc3I)CC2)c([N+](=O)[O-])c1. The van der Waals surface area contributed by atoms with E-state index in [0.29, 0.717) is 43.2 Å². The number of anilines is 1. The van der Waals surface area contributed by atoms with Crippen LogP contribution in [0.5, 0.6) is 5.75 Å². The van der Waals surface area contributed by atoms with Gasteiger partial charge >= 0.3 is 0 Å². The Morgan fingerprint density at radius 1 is 1.15 bits per heavy atom. The summed E-state index contributed by atoms with van der Waals surface area (Å²) in [5.41, 5.74) is 1.26. The van der Waals surface area contributed by atoms with Gasteiger partial charge in [0.25, 0.3) is 11.6 Å². The average molecular weight is 467 g/mol. The normalized spacial score (nSPS) is 14.2. The Kier molecular flexibility index (Phi) is 5.60. The fourth-order valence-electron chi connectivity index (χ4n) is 3.00. The maximum atomic E-state index is 12.7. The third kappa shape index (κ3) is 3.74. The largest absolute Gasteiger partial charge is 0.496 e. The highest BCUT2D eigenvalue weighted by Crippen LogP contribution is 2.32. The van der Waals surface area contributed by atoms with Gasteiger partial charge in [-0.05, 0) is 46.9 Å². The Morgan fingerprint density at radius 2 is 1.85 bits per heavy atom. The van der Waals surface area contributed by atoms with Gasteiger partial charge in [-0.15, -0.1) is 0 Å². The second kappa shape index (κ2) is 7.90. The number of halogens is 1. The lowest BCUT2D eigenvalue weighted by Gasteiger charge is -2.36. The van der Waals surface area contributed by atoms with E-state index < -0.39 is 4.92 Å². The third-order valence-electron chi connectivity index (χ3n) is 4.39. The van der Waals surface area contributed by atoms with Crippen LogP contribution in [0.4, 0.5) is 11.4 Å². The smallest absolute Gasteiger partial charge is 0.296 e. The molecule has 0 bridgehead atoms. The summed E-state index contributed by atoms with van der Waals surface area (Å²) in [5, 5.41) is 11.4. The molecule has 0 saturated carbocycles. The highest BCUT2D eigenvalue weighted by Gasteiger charge is 2.27. The van der Waals surface area contributed by atoms with E-state index >= 15 is 0 Å². The fourth-order valence-corrected chi connectivity index (χ4v) is 3.62. The van der Waals surface area contributed by atoms with Crippen LogP contribution in [0, 0.1) is 13.7 Å². The molecule has 0 aromatic heterocycles. The topological polar surface area (TPSA) is 75.9 Å². The lowest BCUT2D eigenvalue weighted by Crippen LogP contribution is -2.49. The van der Waals surface area contributed by atoms with Crippen LogP contribution in [-0.4, -0.2) is 49.0 Å². The van der Waals surface area contributed by atoms with Crippen molar-refractivity contribution >= 4 is 39.9 Å². The van der Waals surface area contributed by atoms with E-state index in [1.54, 1.807) is 17.0 Å². The number of nitro benzene ring substituents is 1. The fraction of sp³-hybridized carbons (Fsp3) is 0.278. The van der Waals surface area contributed by atoms with Gasteiger partial charge in [-0.2, -0.15) is 0 Å². The molecule has 0 spiro atoms. The van der Waals surface area contributed by atoms with Crippen molar-refractivity contribution in [2.24, 2.45) is 0 Å². The summed E-state index contributed by atoms with van der Waals surface area (Å²) in [6.45, 7) is 2.13. The Hall–Kier alpha value is -2.36. The zero-order valence-electron chi connectivity index (χ0n) is 14.2. The standard InChI is InChI=1S/C18H18IN3O4/c1-26-13-6-7-16(17(12-13)22(24)25)20-8-10-21(11-9-20)18(23)14-4-2-3-5-15(14)19/h2-7,12H,8-11H2,1H3. The number of carbonyl (C=O) groups excluding carboxylic acids is 1. The molecule has 2 aromatic carbocycles. The number of ether oxygens (including phenoxy) is 1. The lowest BCUT2D eigenvalue weighted by molar-refractivity contribution is -0.384. The van der Waals surface area contributed by atoms with E-state index in [1.807, 2.05) is 29.2 Å². The minimum atomic E-state index is -0.401. The number of carbonyl (C=O) groups is 1. The molecular formula is C18H18IN3O4. The molecule has 7 nitrogen and oxygen atoms in total. The molecule has 1 aliphatic heterocycles. The molecule has 1 aliphatic rings. The van der Waals surface area contributed by atoms with Crippen LogP contribution in [0.25, 0.3) is 0 Å². The molecule has 136 valence electrons. The molecule has 0 radical (unpaired) electrons.